The van der Waals surface area contributed by atoms with Gasteiger partial charge in [-0.25, -0.2) is 10.2 Å². The molecule has 0 spiro atoms. The van der Waals surface area contributed by atoms with E-state index in [1.807, 2.05) is 0 Å². The van der Waals surface area contributed by atoms with Crippen LogP contribution in [0.3, 0.4) is 0 Å². The van der Waals surface area contributed by atoms with Crippen LogP contribution in [0.15, 0.2) is 58.0 Å². The molecule has 2 aromatic carbocycles. The number of phenols is 1. The number of nitro groups is 2. The van der Waals surface area contributed by atoms with Crippen molar-refractivity contribution >= 4 is 29.5 Å². The van der Waals surface area contributed by atoms with E-state index in [9.17, 15) is 40.0 Å². The van der Waals surface area contributed by atoms with Crippen LogP contribution in [-0.2, 0) is 0 Å². The fraction of sp³-hybridized carbons (Fsp3) is 0. The third-order valence-corrected chi connectivity index (χ3v) is 4.15. The maximum atomic E-state index is 12.1. The van der Waals surface area contributed by atoms with E-state index in [2.05, 4.69) is 10.5 Å². The molecule has 3 rings (SSSR count). The molecule has 0 aliphatic heterocycles. The molecule has 0 atom stereocenters. The number of furan rings is 1. The number of benzene rings is 2. The summed E-state index contributed by atoms with van der Waals surface area (Å²) in [5.41, 5.74) is 0.414. The van der Waals surface area contributed by atoms with Crippen LogP contribution in [0.1, 0.15) is 26.5 Å². The van der Waals surface area contributed by atoms with E-state index >= 15 is 0 Å². The molecule has 1 amide bonds. The SMILES string of the molecule is O=C(O)c1cc([N+](=O)[O-])ccc1-c1ccc(/C=N\NC(=O)c2cccc([N+](=O)[O-])c2O)o1. The Hall–Kier alpha value is -5.07. The van der Waals surface area contributed by atoms with Gasteiger partial charge in [-0.2, -0.15) is 5.10 Å². The zero-order chi connectivity index (χ0) is 23.4. The quantitative estimate of drug-likeness (QED) is 0.281. The number of aromatic carboxylic acids is 1. The molecule has 13 nitrogen and oxygen atoms in total. The van der Waals surface area contributed by atoms with Gasteiger partial charge in [-0.3, -0.25) is 25.0 Å². The van der Waals surface area contributed by atoms with Crippen LogP contribution < -0.4 is 5.43 Å². The molecular weight excluding hydrogens is 428 g/mol. The smallest absolute Gasteiger partial charge is 0.336 e. The summed E-state index contributed by atoms with van der Waals surface area (Å²) >= 11 is 0. The van der Waals surface area contributed by atoms with Gasteiger partial charge >= 0.3 is 11.7 Å². The minimum absolute atomic E-state index is 0.0846. The average Bonchev–Trinajstić information content (AvgIpc) is 3.21. The van der Waals surface area contributed by atoms with Crippen molar-refractivity contribution in [1.82, 2.24) is 5.43 Å². The number of hydrogen-bond acceptors (Lipinski definition) is 9. The largest absolute Gasteiger partial charge is 0.502 e. The molecule has 0 radical (unpaired) electrons. The molecule has 3 aromatic rings. The number of carboxylic acids is 1. The fourth-order valence-corrected chi connectivity index (χ4v) is 2.68. The average molecular weight is 440 g/mol. The minimum Gasteiger partial charge on any atom is -0.502 e. The summed E-state index contributed by atoms with van der Waals surface area (Å²) in [7, 11) is 0. The highest BCUT2D eigenvalue weighted by atomic mass is 16.6. The summed E-state index contributed by atoms with van der Waals surface area (Å²) in [4.78, 5) is 43.7. The van der Waals surface area contributed by atoms with Crippen LogP contribution in [0.2, 0.25) is 0 Å². The molecule has 13 heteroatoms. The van der Waals surface area contributed by atoms with Gasteiger partial charge in [0.15, 0.2) is 0 Å². The number of carboxylic acid groups (broad SMARTS) is 1. The predicted octanol–water partition coefficient (Wildman–Crippen LogP) is 2.93. The van der Waals surface area contributed by atoms with E-state index in [0.29, 0.717) is 0 Å². The molecule has 0 aliphatic rings. The summed E-state index contributed by atoms with van der Waals surface area (Å²) < 4.78 is 5.45. The van der Waals surface area contributed by atoms with E-state index in [0.717, 1.165) is 24.4 Å². The molecule has 162 valence electrons. The Bertz CT molecular complexity index is 1280. The van der Waals surface area contributed by atoms with Crippen molar-refractivity contribution in [3.05, 3.63) is 85.6 Å². The second-order valence-corrected chi connectivity index (χ2v) is 6.12. The molecule has 0 aliphatic carbocycles. The Labute approximate surface area is 177 Å². The number of hydrazone groups is 1. The zero-order valence-corrected chi connectivity index (χ0v) is 15.8. The van der Waals surface area contributed by atoms with Gasteiger partial charge in [-0.1, -0.05) is 6.07 Å². The molecule has 0 unspecified atom stereocenters. The van der Waals surface area contributed by atoms with Crippen LogP contribution in [0.5, 0.6) is 5.75 Å². The van der Waals surface area contributed by atoms with E-state index in [1.54, 1.807) is 0 Å². The fourth-order valence-electron chi connectivity index (χ4n) is 2.68. The van der Waals surface area contributed by atoms with Crippen LogP contribution in [0.25, 0.3) is 11.3 Å². The first-order valence-corrected chi connectivity index (χ1v) is 8.60. The number of phenolic OH excluding ortho intramolecular Hbond substituents is 1. The molecule has 1 aromatic heterocycles. The van der Waals surface area contributed by atoms with Crippen molar-refractivity contribution in [2.24, 2.45) is 5.10 Å². The third-order valence-electron chi connectivity index (χ3n) is 4.15. The number of aromatic hydroxyl groups is 1. The summed E-state index contributed by atoms with van der Waals surface area (Å²) in [5, 5.41) is 44.5. The summed E-state index contributed by atoms with van der Waals surface area (Å²) in [6, 6.07) is 9.49. The highest BCUT2D eigenvalue weighted by molar-refractivity contribution is 5.98. The number of nitrogens with zero attached hydrogens (tertiary/aromatic N) is 3. The molecule has 0 fully saturated rings. The van der Waals surface area contributed by atoms with Gasteiger partial charge in [-0.05, 0) is 24.3 Å². The Kier molecular flexibility index (Phi) is 5.91. The first-order chi connectivity index (χ1) is 15.2. The van der Waals surface area contributed by atoms with E-state index in [1.165, 1.54) is 30.3 Å². The Balaban J connectivity index is 1.78. The van der Waals surface area contributed by atoms with Crippen molar-refractivity contribution in [2.75, 3.05) is 0 Å². The number of nitrogens with one attached hydrogen (secondary N) is 1. The van der Waals surface area contributed by atoms with Gasteiger partial charge in [0.1, 0.15) is 11.5 Å². The highest BCUT2D eigenvalue weighted by Gasteiger charge is 2.21. The van der Waals surface area contributed by atoms with Crippen molar-refractivity contribution in [3.8, 4) is 17.1 Å². The van der Waals surface area contributed by atoms with Crippen molar-refractivity contribution in [3.63, 3.8) is 0 Å². The number of amides is 1. The molecule has 1 heterocycles. The standard InChI is InChI=1S/C19H12N4O9/c24-17-13(2-1-3-15(17)23(30)31)18(25)21-20-9-11-5-7-16(32-11)12-6-4-10(22(28)29)8-14(12)19(26)27/h1-9,24H,(H,21,25)(H,26,27)/b20-9-. The maximum absolute atomic E-state index is 12.1. The molecule has 32 heavy (non-hydrogen) atoms. The molecule has 0 bridgehead atoms. The number of non-ortho nitro benzene ring substituents is 1. The number of hydrogen-bond donors (Lipinski definition) is 3. The van der Waals surface area contributed by atoms with E-state index in [-0.39, 0.29) is 28.2 Å². The normalized spacial score (nSPS) is 10.8. The third kappa shape index (κ3) is 4.40. The van der Waals surface area contributed by atoms with Gasteiger partial charge in [0.2, 0.25) is 5.75 Å². The van der Waals surface area contributed by atoms with Gasteiger partial charge in [0.05, 0.1) is 27.2 Å². The zero-order valence-electron chi connectivity index (χ0n) is 15.8. The van der Waals surface area contributed by atoms with Gasteiger partial charge in [0, 0.05) is 23.8 Å². The van der Waals surface area contributed by atoms with Gasteiger partial charge in [-0.15, -0.1) is 0 Å². The summed E-state index contributed by atoms with van der Waals surface area (Å²) in [6.45, 7) is 0. The number of carbonyl (C=O) groups excluding carboxylic acids is 1. The molecule has 3 N–H and O–H groups in total. The van der Waals surface area contributed by atoms with Crippen LogP contribution in [0.4, 0.5) is 11.4 Å². The molecular formula is C19H12N4O9. The Morgan fingerprint density at radius 2 is 1.78 bits per heavy atom. The lowest BCUT2D eigenvalue weighted by atomic mass is 10.0. The first-order valence-electron chi connectivity index (χ1n) is 8.60. The number of para-hydroxylation sites is 1. The van der Waals surface area contributed by atoms with Gasteiger partial charge in [0.25, 0.3) is 11.6 Å². The number of carbonyl (C=O) groups is 2. The van der Waals surface area contributed by atoms with Crippen LogP contribution >= 0.6 is 0 Å². The maximum Gasteiger partial charge on any atom is 0.336 e. The predicted molar refractivity (Wildman–Crippen MR) is 108 cm³/mol. The van der Waals surface area contributed by atoms with Crippen molar-refractivity contribution < 1.29 is 34.1 Å². The summed E-state index contributed by atoms with van der Waals surface area (Å²) in [5.74, 6) is -2.94. The van der Waals surface area contributed by atoms with E-state index < -0.39 is 38.8 Å². The lowest BCUT2D eigenvalue weighted by Gasteiger charge is -2.03. The van der Waals surface area contributed by atoms with Crippen molar-refractivity contribution in [2.45, 2.75) is 0 Å². The minimum atomic E-state index is -1.39. The number of rotatable bonds is 7. The highest BCUT2D eigenvalue weighted by Crippen LogP contribution is 2.30. The van der Waals surface area contributed by atoms with E-state index in [4.69, 9.17) is 4.42 Å². The summed E-state index contributed by atoms with van der Waals surface area (Å²) in [6.07, 6.45) is 1.07. The molecule has 0 saturated carbocycles. The molecule has 0 saturated heterocycles. The monoisotopic (exact) mass is 440 g/mol. The number of nitro benzene ring substituents is 2. The topological polar surface area (TPSA) is 198 Å². The lowest BCUT2D eigenvalue weighted by Crippen LogP contribution is -2.17. The second kappa shape index (κ2) is 8.74. The Morgan fingerprint density at radius 1 is 1.03 bits per heavy atom. The van der Waals surface area contributed by atoms with Crippen LogP contribution in [0, 0.1) is 20.2 Å². The van der Waals surface area contributed by atoms with Gasteiger partial charge < -0.3 is 14.6 Å². The lowest BCUT2D eigenvalue weighted by molar-refractivity contribution is -0.385. The first kappa shape index (κ1) is 21.6. The second-order valence-electron chi connectivity index (χ2n) is 6.12. The van der Waals surface area contributed by atoms with Crippen molar-refractivity contribution in [1.29, 1.82) is 0 Å². The van der Waals surface area contributed by atoms with Crippen LogP contribution in [-0.4, -0.2) is 38.2 Å². The Morgan fingerprint density at radius 3 is 2.44 bits per heavy atom.